The second kappa shape index (κ2) is 4.93. The van der Waals surface area contributed by atoms with E-state index in [4.69, 9.17) is 11.6 Å². The van der Waals surface area contributed by atoms with Crippen LogP contribution in [0.3, 0.4) is 0 Å². The van der Waals surface area contributed by atoms with Gasteiger partial charge in [-0.1, -0.05) is 11.6 Å². The Morgan fingerprint density at radius 3 is 2.78 bits per heavy atom. The first-order valence-electron chi connectivity index (χ1n) is 5.53. The molecule has 2 rings (SSSR count). The second-order valence-corrected chi connectivity index (χ2v) is 4.61. The van der Waals surface area contributed by atoms with Crippen molar-refractivity contribution in [3.63, 3.8) is 0 Å². The molecule has 1 aliphatic heterocycles. The Morgan fingerprint density at radius 1 is 1.50 bits per heavy atom. The quantitative estimate of drug-likeness (QED) is 0.905. The van der Waals surface area contributed by atoms with Crippen LogP contribution in [0.1, 0.15) is 18.4 Å². The van der Waals surface area contributed by atoms with Gasteiger partial charge in [0.1, 0.15) is 5.82 Å². The summed E-state index contributed by atoms with van der Waals surface area (Å²) in [6, 6.07) is 0.753. The maximum atomic E-state index is 12.5. The van der Waals surface area contributed by atoms with Gasteiger partial charge < -0.3 is 10.0 Å². The Kier molecular flexibility index (Phi) is 3.68. The van der Waals surface area contributed by atoms with E-state index in [1.54, 1.807) is 4.90 Å². The molecule has 2 heterocycles. The van der Waals surface area contributed by atoms with Gasteiger partial charge in [0.25, 0.3) is 0 Å². The highest BCUT2D eigenvalue weighted by Gasteiger charge is 2.33. The van der Waals surface area contributed by atoms with E-state index < -0.39 is 11.7 Å². The van der Waals surface area contributed by atoms with Crippen molar-refractivity contribution >= 4 is 17.4 Å². The van der Waals surface area contributed by atoms with Crippen LogP contribution in [0.15, 0.2) is 12.3 Å². The van der Waals surface area contributed by atoms with Crippen molar-refractivity contribution in [3.8, 4) is 0 Å². The molecule has 0 amide bonds. The van der Waals surface area contributed by atoms with Crippen LogP contribution in [0.5, 0.6) is 0 Å². The lowest BCUT2D eigenvalue weighted by Crippen LogP contribution is -2.33. The molecule has 0 aromatic carbocycles. The zero-order chi connectivity index (χ0) is 13.3. The van der Waals surface area contributed by atoms with E-state index >= 15 is 0 Å². The van der Waals surface area contributed by atoms with Gasteiger partial charge in [-0.15, -0.1) is 0 Å². The van der Waals surface area contributed by atoms with E-state index in [1.807, 2.05) is 0 Å². The number of nitrogens with zero attached hydrogens (tertiary/aromatic N) is 2. The first-order valence-corrected chi connectivity index (χ1v) is 5.91. The van der Waals surface area contributed by atoms with Gasteiger partial charge >= 0.3 is 6.18 Å². The zero-order valence-electron chi connectivity index (χ0n) is 9.41. The largest absolute Gasteiger partial charge is 0.417 e. The van der Waals surface area contributed by atoms with E-state index in [0.29, 0.717) is 12.4 Å². The number of anilines is 1. The number of halogens is 4. The van der Waals surface area contributed by atoms with Crippen LogP contribution < -0.4 is 4.90 Å². The van der Waals surface area contributed by atoms with Crippen LogP contribution >= 0.6 is 11.6 Å². The highest BCUT2D eigenvalue weighted by atomic mass is 35.5. The number of alkyl halides is 3. The van der Waals surface area contributed by atoms with Gasteiger partial charge in [0.15, 0.2) is 0 Å². The van der Waals surface area contributed by atoms with Gasteiger partial charge in [-0.2, -0.15) is 13.2 Å². The summed E-state index contributed by atoms with van der Waals surface area (Å²) < 4.78 is 37.4. The van der Waals surface area contributed by atoms with Crippen molar-refractivity contribution in [2.45, 2.75) is 25.1 Å². The van der Waals surface area contributed by atoms with Crippen molar-refractivity contribution in [2.75, 3.05) is 18.1 Å². The molecule has 0 saturated carbocycles. The van der Waals surface area contributed by atoms with Gasteiger partial charge in [0.05, 0.1) is 23.2 Å². The molecule has 1 atom stereocenters. The third-order valence-electron chi connectivity index (χ3n) is 3.01. The summed E-state index contributed by atoms with van der Waals surface area (Å²) in [6.45, 7) is 0.586. The van der Waals surface area contributed by atoms with Crippen molar-refractivity contribution in [2.24, 2.45) is 0 Å². The minimum Gasteiger partial charge on any atom is -0.394 e. The van der Waals surface area contributed by atoms with Crippen LogP contribution in [-0.4, -0.2) is 29.3 Å². The molecule has 1 unspecified atom stereocenters. The van der Waals surface area contributed by atoms with E-state index in [2.05, 4.69) is 4.98 Å². The molecule has 100 valence electrons. The van der Waals surface area contributed by atoms with Crippen LogP contribution in [-0.2, 0) is 6.18 Å². The third kappa shape index (κ3) is 2.54. The Bertz CT molecular complexity index is 439. The van der Waals surface area contributed by atoms with Gasteiger partial charge in [0.2, 0.25) is 0 Å². The molecule has 0 bridgehead atoms. The molecular weight excluding hydrogens is 269 g/mol. The lowest BCUT2D eigenvalue weighted by Gasteiger charge is -2.25. The number of rotatable bonds is 2. The fourth-order valence-electron chi connectivity index (χ4n) is 2.10. The van der Waals surface area contributed by atoms with Gasteiger partial charge in [-0.3, -0.25) is 0 Å². The first kappa shape index (κ1) is 13.4. The fourth-order valence-corrected chi connectivity index (χ4v) is 2.38. The summed E-state index contributed by atoms with van der Waals surface area (Å²) >= 11 is 5.85. The number of hydrogen-bond acceptors (Lipinski definition) is 3. The summed E-state index contributed by atoms with van der Waals surface area (Å²) in [4.78, 5) is 5.54. The van der Waals surface area contributed by atoms with Crippen molar-refractivity contribution in [1.82, 2.24) is 4.98 Å². The molecule has 1 aromatic rings. The van der Waals surface area contributed by atoms with Crippen LogP contribution in [0.25, 0.3) is 0 Å². The molecule has 1 fully saturated rings. The van der Waals surface area contributed by atoms with Gasteiger partial charge in [0, 0.05) is 12.7 Å². The Morgan fingerprint density at radius 2 is 2.22 bits per heavy atom. The molecule has 1 aliphatic rings. The molecule has 1 N–H and O–H groups in total. The lowest BCUT2D eigenvalue weighted by atomic mass is 10.2. The highest BCUT2D eigenvalue weighted by Crippen LogP contribution is 2.35. The Hall–Kier alpha value is -1.01. The van der Waals surface area contributed by atoms with Gasteiger partial charge in [-0.25, -0.2) is 4.98 Å². The summed E-state index contributed by atoms with van der Waals surface area (Å²) in [5.41, 5.74) is -0.865. The van der Waals surface area contributed by atoms with E-state index in [-0.39, 0.29) is 17.7 Å². The molecule has 0 aliphatic carbocycles. The van der Waals surface area contributed by atoms with Crippen molar-refractivity contribution in [1.29, 1.82) is 0 Å². The number of aliphatic hydroxyl groups excluding tert-OH is 1. The average Bonchev–Trinajstić information content (AvgIpc) is 2.75. The highest BCUT2D eigenvalue weighted by molar-refractivity contribution is 6.33. The molecule has 0 spiro atoms. The number of pyridine rings is 1. The molecule has 1 saturated heterocycles. The van der Waals surface area contributed by atoms with Crippen LogP contribution in [0.2, 0.25) is 5.02 Å². The maximum absolute atomic E-state index is 12.5. The second-order valence-electron chi connectivity index (χ2n) is 4.20. The minimum absolute atomic E-state index is 0.0369. The lowest BCUT2D eigenvalue weighted by molar-refractivity contribution is -0.137. The van der Waals surface area contributed by atoms with E-state index in [9.17, 15) is 18.3 Å². The average molecular weight is 281 g/mol. The smallest absolute Gasteiger partial charge is 0.394 e. The SMILES string of the molecule is OCC1CCCN1c1ncc(C(F)(F)F)cc1Cl. The molecule has 7 heteroatoms. The summed E-state index contributed by atoms with van der Waals surface area (Å²) in [5.74, 6) is 0.307. The Balaban J connectivity index is 2.30. The van der Waals surface area contributed by atoms with Gasteiger partial charge in [-0.05, 0) is 18.9 Å². The normalized spacial score (nSPS) is 20.5. The molecule has 1 aromatic heterocycles. The Labute approximate surface area is 107 Å². The summed E-state index contributed by atoms with van der Waals surface area (Å²) in [6.07, 6.45) is -2.02. The topological polar surface area (TPSA) is 36.4 Å². The molecule has 0 radical (unpaired) electrons. The predicted octanol–water partition coefficient (Wildman–Crippen LogP) is 2.71. The number of hydrogen-bond donors (Lipinski definition) is 1. The molecule has 18 heavy (non-hydrogen) atoms. The summed E-state index contributed by atoms with van der Waals surface area (Å²) in [5, 5.41) is 9.14. The van der Waals surface area contributed by atoms with E-state index in [0.717, 1.165) is 25.1 Å². The maximum Gasteiger partial charge on any atom is 0.417 e. The van der Waals surface area contributed by atoms with Crippen molar-refractivity contribution < 1.29 is 18.3 Å². The number of aromatic nitrogens is 1. The van der Waals surface area contributed by atoms with Crippen LogP contribution in [0.4, 0.5) is 19.0 Å². The van der Waals surface area contributed by atoms with E-state index in [1.165, 1.54) is 0 Å². The van der Waals surface area contributed by atoms with Crippen LogP contribution in [0, 0.1) is 0 Å². The third-order valence-corrected chi connectivity index (χ3v) is 3.29. The zero-order valence-corrected chi connectivity index (χ0v) is 10.2. The first-order chi connectivity index (χ1) is 8.43. The molecule has 3 nitrogen and oxygen atoms in total. The monoisotopic (exact) mass is 280 g/mol. The number of aliphatic hydroxyl groups is 1. The summed E-state index contributed by atoms with van der Waals surface area (Å²) in [7, 11) is 0. The predicted molar refractivity (Wildman–Crippen MR) is 61.7 cm³/mol. The molecular formula is C11H12ClF3N2O. The van der Waals surface area contributed by atoms with Crippen molar-refractivity contribution in [3.05, 3.63) is 22.8 Å². The minimum atomic E-state index is -4.45. The standard InChI is InChI=1S/C11H12ClF3N2O/c12-9-4-7(11(13,14)15)5-16-10(9)17-3-1-2-8(17)6-18/h4-5,8,18H,1-3,6H2. The fraction of sp³-hybridized carbons (Fsp3) is 0.545.